The van der Waals surface area contributed by atoms with E-state index in [1.54, 1.807) is 21.3 Å². The molecule has 0 bridgehead atoms. The van der Waals surface area contributed by atoms with E-state index in [-0.39, 0.29) is 0 Å². The lowest BCUT2D eigenvalue weighted by molar-refractivity contribution is 0.152. The molecule has 1 aromatic heterocycles. The van der Waals surface area contributed by atoms with E-state index >= 15 is 0 Å². The summed E-state index contributed by atoms with van der Waals surface area (Å²) < 4.78 is 18.8. The average Bonchev–Trinajstić information content (AvgIpc) is 3.06. The van der Waals surface area contributed by atoms with Gasteiger partial charge in [0.05, 0.1) is 26.9 Å². The molecule has 0 N–H and O–H groups in total. The molecule has 142 valence electrons. The number of imidazole rings is 1. The molecule has 1 aliphatic rings. The third kappa shape index (κ3) is 4.12. The fraction of sp³-hybridized carbons (Fsp3) is 0.550. The number of aromatic nitrogens is 2. The van der Waals surface area contributed by atoms with E-state index in [9.17, 15) is 0 Å². The zero-order chi connectivity index (χ0) is 18.5. The first-order valence-electron chi connectivity index (χ1n) is 9.13. The predicted molar refractivity (Wildman–Crippen MR) is 101 cm³/mol. The quantitative estimate of drug-likeness (QED) is 0.760. The fourth-order valence-corrected chi connectivity index (χ4v) is 3.78. The van der Waals surface area contributed by atoms with Crippen LogP contribution >= 0.6 is 0 Å². The van der Waals surface area contributed by atoms with Crippen molar-refractivity contribution in [3.63, 3.8) is 0 Å². The van der Waals surface area contributed by atoms with Crippen LogP contribution < -0.4 is 14.2 Å². The lowest BCUT2D eigenvalue weighted by atomic mass is 9.97. The van der Waals surface area contributed by atoms with Crippen LogP contribution in [0.1, 0.15) is 24.2 Å². The van der Waals surface area contributed by atoms with Gasteiger partial charge in [0.25, 0.3) is 0 Å². The number of methoxy groups -OCH3 is 3. The van der Waals surface area contributed by atoms with E-state index in [0.717, 1.165) is 54.8 Å². The topological polar surface area (TPSA) is 48.8 Å². The predicted octanol–water partition coefficient (Wildman–Crippen LogP) is 3.13. The van der Waals surface area contributed by atoms with E-state index in [1.807, 2.05) is 18.3 Å². The average molecular weight is 359 g/mol. The number of hydrogen-bond acceptors (Lipinski definition) is 5. The van der Waals surface area contributed by atoms with E-state index < -0.39 is 0 Å². The Morgan fingerprint density at radius 3 is 2.42 bits per heavy atom. The van der Waals surface area contributed by atoms with Crippen molar-refractivity contribution in [3.8, 4) is 17.2 Å². The fourth-order valence-electron chi connectivity index (χ4n) is 3.78. The van der Waals surface area contributed by atoms with E-state index in [4.69, 9.17) is 14.2 Å². The molecule has 1 aliphatic heterocycles. The zero-order valence-corrected chi connectivity index (χ0v) is 16.2. The van der Waals surface area contributed by atoms with Gasteiger partial charge in [-0.05, 0) is 32.2 Å². The zero-order valence-electron chi connectivity index (χ0n) is 16.2. The van der Waals surface area contributed by atoms with Crippen molar-refractivity contribution < 1.29 is 14.2 Å². The Bertz CT molecular complexity index is 704. The van der Waals surface area contributed by atoms with Gasteiger partial charge in [-0.1, -0.05) is 0 Å². The van der Waals surface area contributed by atoms with Gasteiger partial charge in [-0.3, -0.25) is 4.90 Å². The van der Waals surface area contributed by atoms with Gasteiger partial charge in [0.2, 0.25) is 0 Å². The number of aryl methyl sites for hydroxylation is 1. The largest absolute Gasteiger partial charge is 0.496 e. The maximum atomic E-state index is 5.60. The van der Waals surface area contributed by atoms with Gasteiger partial charge >= 0.3 is 0 Å². The van der Waals surface area contributed by atoms with Crippen molar-refractivity contribution in [2.24, 2.45) is 5.92 Å². The molecule has 0 saturated carbocycles. The smallest absolute Gasteiger partial charge is 0.130 e. The van der Waals surface area contributed by atoms with Gasteiger partial charge in [-0.25, -0.2) is 4.98 Å². The molecule has 0 unspecified atom stereocenters. The number of piperidine rings is 1. The lowest BCUT2D eigenvalue weighted by Gasteiger charge is -2.33. The summed E-state index contributed by atoms with van der Waals surface area (Å²) in [5.74, 6) is 4.09. The number of hydrogen-bond donors (Lipinski definition) is 0. The number of rotatable bonds is 7. The first kappa shape index (κ1) is 18.6. The summed E-state index contributed by atoms with van der Waals surface area (Å²) in [4.78, 5) is 6.83. The molecule has 26 heavy (non-hydrogen) atoms. The van der Waals surface area contributed by atoms with Crippen LogP contribution in [-0.4, -0.2) is 48.9 Å². The number of ether oxygens (including phenoxy) is 3. The molecule has 2 heterocycles. The van der Waals surface area contributed by atoms with Crippen LogP contribution in [0.2, 0.25) is 0 Å². The van der Waals surface area contributed by atoms with Crippen LogP contribution in [0.5, 0.6) is 17.2 Å². The van der Waals surface area contributed by atoms with Crippen molar-refractivity contribution in [3.05, 3.63) is 35.9 Å². The molecule has 0 aliphatic carbocycles. The molecule has 0 spiro atoms. The van der Waals surface area contributed by atoms with Gasteiger partial charge in [0, 0.05) is 44.2 Å². The van der Waals surface area contributed by atoms with Crippen LogP contribution in [0.4, 0.5) is 0 Å². The van der Waals surface area contributed by atoms with Crippen LogP contribution in [0.25, 0.3) is 0 Å². The molecule has 1 aromatic carbocycles. The van der Waals surface area contributed by atoms with Crippen molar-refractivity contribution in [1.82, 2.24) is 14.5 Å². The molecule has 1 saturated heterocycles. The van der Waals surface area contributed by atoms with E-state index in [2.05, 4.69) is 27.6 Å². The highest BCUT2D eigenvalue weighted by Gasteiger charge is 2.23. The van der Waals surface area contributed by atoms with E-state index in [0.29, 0.717) is 5.92 Å². The Morgan fingerprint density at radius 2 is 1.85 bits per heavy atom. The van der Waals surface area contributed by atoms with Crippen molar-refractivity contribution in [2.45, 2.75) is 32.9 Å². The van der Waals surface area contributed by atoms with Gasteiger partial charge in [-0.15, -0.1) is 0 Å². The minimum Gasteiger partial charge on any atom is -0.496 e. The van der Waals surface area contributed by atoms with Crippen LogP contribution in [0.3, 0.4) is 0 Å². The highest BCUT2D eigenvalue weighted by Crippen LogP contribution is 2.35. The minimum absolute atomic E-state index is 0.631. The maximum Gasteiger partial charge on any atom is 0.130 e. The monoisotopic (exact) mass is 359 g/mol. The molecular weight excluding hydrogens is 330 g/mol. The SMILES string of the molecule is COc1cc(OC)c(CN2CCC[C@H](Cn3ccnc3C)C2)c(OC)c1. The first-order valence-corrected chi connectivity index (χ1v) is 9.13. The summed E-state index contributed by atoms with van der Waals surface area (Å²) in [7, 11) is 5.04. The first-order chi connectivity index (χ1) is 12.6. The molecule has 6 heteroatoms. The second kappa shape index (κ2) is 8.45. The van der Waals surface area contributed by atoms with Crippen molar-refractivity contribution in [1.29, 1.82) is 0 Å². The second-order valence-electron chi connectivity index (χ2n) is 6.88. The number of benzene rings is 1. The summed E-state index contributed by atoms with van der Waals surface area (Å²) in [5.41, 5.74) is 1.08. The lowest BCUT2D eigenvalue weighted by Crippen LogP contribution is -2.36. The Morgan fingerprint density at radius 1 is 1.12 bits per heavy atom. The molecule has 6 nitrogen and oxygen atoms in total. The highest BCUT2D eigenvalue weighted by atomic mass is 16.5. The number of likely N-dealkylation sites (tertiary alicyclic amines) is 1. The van der Waals surface area contributed by atoms with Crippen LogP contribution in [0, 0.1) is 12.8 Å². The Hall–Kier alpha value is -2.21. The third-order valence-corrected chi connectivity index (χ3v) is 5.18. The van der Waals surface area contributed by atoms with E-state index in [1.165, 1.54) is 12.8 Å². The molecule has 0 amide bonds. The molecular formula is C20H29N3O3. The summed E-state index contributed by atoms with van der Waals surface area (Å²) >= 11 is 0. The van der Waals surface area contributed by atoms with Gasteiger partial charge in [-0.2, -0.15) is 0 Å². The maximum absolute atomic E-state index is 5.60. The van der Waals surface area contributed by atoms with Crippen LogP contribution in [0.15, 0.2) is 24.5 Å². The van der Waals surface area contributed by atoms with Gasteiger partial charge in [0.1, 0.15) is 23.1 Å². The van der Waals surface area contributed by atoms with Crippen LogP contribution in [-0.2, 0) is 13.1 Å². The van der Waals surface area contributed by atoms with Gasteiger partial charge < -0.3 is 18.8 Å². The summed E-state index contributed by atoms with van der Waals surface area (Å²) in [5, 5.41) is 0. The highest BCUT2D eigenvalue weighted by molar-refractivity contribution is 5.50. The molecule has 1 atom stereocenters. The number of nitrogens with zero attached hydrogens (tertiary/aromatic N) is 3. The Kier molecular flexibility index (Phi) is 6.04. The summed E-state index contributed by atoms with van der Waals surface area (Å²) in [6.45, 7) is 6.07. The molecule has 3 rings (SSSR count). The molecule has 0 radical (unpaired) electrons. The summed E-state index contributed by atoms with van der Waals surface area (Å²) in [6.07, 6.45) is 6.41. The van der Waals surface area contributed by atoms with Gasteiger partial charge in [0.15, 0.2) is 0 Å². The molecule has 1 fully saturated rings. The summed E-state index contributed by atoms with van der Waals surface area (Å²) in [6, 6.07) is 3.85. The minimum atomic E-state index is 0.631. The Labute approximate surface area is 155 Å². The third-order valence-electron chi connectivity index (χ3n) is 5.18. The van der Waals surface area contributed by atoms with Crippen molar-refractivity contribution in [2.75, 3.05) is 34.4 Å². The second-order valence-corrected chi connectivity index (χ2v) is 6.88. The van der Waals surface area contributed by atoms with Crippen molar-refractivity contribution >= 4 is 0 Å². The Balaban J connectivity index is 1.73. The normalized spacial score (nSPS) is 17.9. The molecule has 2 aromatic rings. The standard InChI is InChI=1S/C20H29N3O3/c1-15-21-7-9-23(15)13-16-6-5-8-22(12-16)14-18-19(25-3)10-17(24-2)11-20(18)26-4/h7,9-11,16H,5-6,8,12-14H2,1-4H3/t16-/m0/s1.